The zero-order valence-corrected chi connectivity index (χ0v) is 17.8. The molecule has 3 aromatic rings. The van der Waals surface area contributed by atoms with Gasteiger partial charge < -0.3 is 14.6 Å². The molecule has 3 rings (SSSR count). The minimum absolute atomic E-state index is 0.0809. The molecule has 5 nitrogen and oxygen atoms in total. The van der Waals surface area contributed by atoms with Crippen molar-refractivity contribution in [3.05, 3.63) is 89.2 Å². The number of para-hydroxylation sites is 1. The average molecular weight is 444 g/mol. The molecule has 0 fully saturated rings. The smallest absolute Gasteiger partial charge is 0.317 e. The predicted molar refractivity (Wildman–Crippen MR) is 117 cm³/mol. The Labute approximate surface area is 185 Å². The summed E-state index contributed by atoms with van der Waals surface area (Å²) in [5.74, 6) is 0.475. The second kappa shape index (κ2) is 10.8. The van der Waals surface area contributed by atoms with Gasteiger partial charge in [0.1, 0.15) is 29.2 Å². The number of hydrogen-bond donors (Lipinski definition) is 1. The first-order valence-electron chi connectivity index (χ1n) is 9.75. The van der Waals surface area contributed by atoms with E-state index in [-0.39, 0.29) is 12.4 Å². The summed E-state index contributed by atoms with van der Waals surface area (Å²) in [6, 6.07) is 20.5. The van der Waals surface area contributed by atoms with Gasteiger partial charge in [-0.15, -0.1) is 0 Å². The maximum absolute atomic E-state index is 13.4. The summed E-state index contributed by atoms with van der Waals surface area (Å²) in [6.45, 7) is 0.392. The van der Waals surface area contributed by atoms with E-state index in [1.165, 1.54) is 12.1 Å². The van der Waals surface area contributed by atoms with Gasteiger partial charge in [0, 0.05) is 19.0 Å². The minimum atomic E-state index is -0.904. The number of rotatable bonds is 10. The van der Waals surface area contributed by atoms with Crippen LogP contribution in [0.4, 0.5) is 4.39 Å². The van der Waals surface area contributed by atoms with Crippen LogP contribution in [-0.2, 0) is 4.79 Å². The van der Waals surface area contributed by atoms with Crippen LogP contribution in [0, 0.1) is 5.82 Å². The van der Waals surface area contributed by atoms with Crippen molar-refractivity contribution in [3.8, 4) is 17.2 Å². The molecule has 31 heavy (non-hydrogen) atoms. The van der Waals surface area contributed by atoms with Crippen LogP contribution in [0.3, 0.4) is 0 Å². The topological polar surface area (TPSA) is 59.0 Å². The molecule has 0 aromatic heterocycles. The third-order valence-electron chi connectivity index (χ3n) is 4.57. The second-order valence-electron chi connectivity index (χ2n) is 7.09. The molecule has 0 spiro atoms. The minimum Gasteiger partial charge on any atom is -0.484 e. The molecule has 0 saturated carbocycles. The Morgan fingerprint density at radius 1 is 1.06 bits per heavy atom. The van der Waals surface area contributed by atoms with E-state index in [1.807, 2.05) is 30.3 Å². The van der Waals surface area contributed by atoms with Gasteiger partial charge in [-0.05, 0) is 49.0 Å². The van der Waals surface area contributed by atoms with E-state index in [0.29, 0.717) is 35.2 Å². The van der Waals surface area contributed by atoms with E-state index in [2.05, 4.69) is 0 Å². The number of carbonyl (C=O) groups is 1. The number of aliphatic carboxylic acids is 1. The first kappa shape index (κ1) is 22.6. The van der Waals surface area contributed by atoms with Crippen LogP contribution < -0.4 is 9.47 Å². The quantitative estimate of drug-likeness (QED) is 0.429. The molecule has 0 radical (unpaired) electrons. The lowest BCUT2D eigenvalue weighted by Gasteiger charge is -2.23. The molecular weight excluding hydrogens is 421 g/mol. The fourth-order valence-electron chi connectivity index (χ4n) is 3.04. The van der Waals surface area contributed by atoms with Crippen LogP contribution in [0.2, 0.25) is 5.02 Å². The van der Waals surface area contributed by atoms with Crippen molar-refractivity contribution < 1.29 is 23.8 Å². The van der Waals surface area contributed by atoms with Gasteiger partial charge >= 0.3 is 5.97 Å². The summed E-state index contributed by atoms with van der Waals surface area (Å²) < 4.78 is 25.3. The number of hydrogen-bond acceptors (Lipinski definition) is 4. The van der Waals surface area contributed by atoms with Crippen molar-refractivity contribution in [3.63, 3.8) is 0 Å². The van der Waals surface area contributed by atoms with Crippen molar-refractivity contribution in [1.29, 1.82) is 0 Å². The molecule has 0 aliphatic carbocycles. The first-order valence-corrected chi connectivity index (χ1v) is 10.1. The highest BCUT2D eigenvalue weighted by Crippen LogP contribution is 2.35. The Kier molecular flexibility index (Phi) is 7.87. The summed E-state index contributed by atoms with van der Waals surface area (Å²) in [6.07, 6.45) is 0.0591. The molecule has 0 aliphatic rings. The monoisotopic (exact) mass is 443 g/mol. The van der Waals surface area contributed by atoms with Crippen molar-refractivity contribution in [2.75, 3.05) is 20.1 Å². The lowest BCUT2D eigenvalue weighted by atomic mass is 10.1. The van der Waals surface area contributed by atoms with Gasteiger partial charge in [0.05, 0.1) is 11.6 Å². The zero-order chi connectivity index (χ0) is 22.2. The predicted octanol–water partition coefficient (Wildman–Crippen LogP) is 5.80. The van der Waals surface area contributed by atoms with Gasteiger partial charge in [-0.2, -0.15) is 0 Å². The fourth-order valence-corrected chi connectivity index (χ4v) is 3.25. The molecule has 1 N–H and O–H groups in total. The number of nitrogens with zero attached hydrogens (tertiary/aromatic N) is 1. The van der Waals surface area contributed by atoms with Gasteiger partial charge in [-0.25, -0.2) is 4.39 Å². The largest absolute Gasteiger partial charge is 0.484 e. The molecular formula is C24H23ClFNO4. The molecule has 0 aliphatic heterocycles. The maximum Gasteiger partial charge on any atom is 0.317 e. The molecule has 3 aromatic carbocycles. The Morgan fingerprint density at radius 2 is 1.77 bits per heavy atom. The van der Waals surface area contributed by atoms with E-state index in [0.717, 1.165) is 5.56 Å². The van der Waals surface area contributed by atoms with Gasteiger partial charge in [0.25, 0.3) is 0 Å². The van der Waals surface area contributed by atoms with E-state index >= 15 is 0 Å². The third kappa shape index (κ3) is 6.98. The van der Waals surface area contributed by atoms with E-state index in [1.54, 1.807) is 42.3 Å². The standard InChI is InChI=1S/C24H23ClFNO4/c1-27(16-24(28)29)14-13-22(17-7-9-18(26)10-8-17)31-23-12-11-20(15-21(23)25)30-19-5-3-2-4-6-19/h2-12,15,22H,13-14,16H2,1H3,(H,28,29). The number of ether oxygens (including phenoxy) is 2. The van der Waals surface area contributed by atoms with E-state index in [4.69, 9.17) is 26.2 Å². The molecule has 0 amide bonds. The summed E-state index contributed by atoms with van der Waals surface area (Å²) >= 11 is 6.43. The average Bonchev–Trinajstić information content (AvgIpc) is 2.73. The SMILES string of the molecule is CN(CCC(Oc1ccc(Oc2ccccc2)cc1Cl)c1ccc(F)cc1)CC(=O)O. The Bertz CT molecular complexity index is 998. The molecule has 7 heteroatoms. The highest BCUT2D eigenvalue weighted by atomic mass is 35.5. The van der Waals surface area contributed by atoms with Gasteiger partial charge in [0.15, 0.2) is 0 Å². The fraction of sp³-hybridized carbons (Fsp3) is 0.208. The van der Waals surface area contributed by atoms with Crippen molar-refractivity contribution in [1.82, 2.24) is 4.90 Å². The normalized spacial score (nSPS) is 11.9. The number of likely N-dealkylation sites (N-methyl/N-ethyl adjacent to an activating group) is 1. The highest BCUT2D eigenvalue weighted by molar-refractivity contribution is 6.32. The van der Waals surface area contributed by atoms with Crippen LogP contribution in [-0.4, -0.2) is 36.1 Å². The van der Waals surface area contributed by atoms with Crippen molar-refractivity contribution in [2.45, 2.75) is 12.5 Å². The Morgan fingerprint density at radius 3 is 2.42 bits per heavy atom. The van der Waals surface area contributed by atoms with E-state index in [9.17, 15) is 9.18 Å². The summed E-state index contributed by atoms with van der Waals surface area (Å²) in [4.78, 5) is 12.6. The Hall–Kier alpha value is -3.09. The van der Waals surface area contributed by atoms with Crippen LogP contribution in [0.1, 0.15) is 18.1 Å². The molecule has 0 bridgehead atoms. The van der Waals surface area contributed by atoms with Crippen LogP contribution >= 0.6 is 11.6 Å². The molecule has 1 unspecified atom stereocenters. The molecule has 1 atom stereocenters. The number of benzene rings is 3. The van der Waals surface area contributed by atoms with Crippen LogP contribution in [0.5, 0.6) is 17.2 Å². The molecule has 162 valence electrons. The lowest BCUT2D eigenvalue weighted by molar-refractivity contribution is -0.138. The van der Waals surface area contributed by atoms with Gasteiger partial charge in [-0.1, -0.05) is 41.9 Å². The maximum atomic E-state index is 13.4. The van der Waals surface area contributed by atoms with Gasteiger partial charge in [-0.3, -0.25) is 9.69 Å². The Balaban J connectivity index is 1.74. The van der Waals surface area contributed by atoms with E-state index < -0.39 is 12.1 Å². The van der Waals surface area contributed by atoms with Crippen LogP contribution in [0.15, 0.2) is 72.8 Å². The molecule has 0 saturated heterocycles. The first-order chi connectivity index (χ1) is 14.9. The number of halogens is 2. The second-order valence-corrected chi connectivity index (χ2v) is 7.49. The zero-order valence-electron chi connectivity index (χ0n) is 17.0. The summed E-state index contributed by atoms with van der Waals surface area (Å²) in [5, 5.41) is 9.33. The van der Waals surface area contributed by atoms with Crippen molar-refractivity contribution in [2.24, 2.45) is 0 Å². The summed E-state index contributed by atoms with van der Waals surface area (Å²) in [7, 11) is 1.72. The van der Waals surface area contributed by atoms with Crippen molar-refractivity contribution >= 4 is 17.6 Å². The number of carboxylic acids is 1. The highest BCUT2D eigenvalue weighted by Gasteiger charge is 2.18. The van der Waals surface area contributed by atoms with Crippen LogP contribution in [0.25, 0.3) is 0 Å². The third-order valence-corrected chi connectivity index (χ3v) is 4.87. The molecule has 0 heterocycles. The number of carboxylic acid groups (broad SMARTS) is 1. The lowest BCUT2D eigenvalue weighted by Crippen LogP contribution is -2.28. The summed E-state index contributed by atoms with van der Waals surface area (Å²) in [5.41, 5.74) is 0.769. The van der Waals surface area contributed by atoms with Gasteiger partial charge in [0.2, 0.25) is 0 Å².